The molecule has 0 spiro atoms. The Hall–Kier alpha value is -1.69. The van der Waals surface area contributed by atoms with Gasteiger partial charge in [0.05, 0.1) is 0 Å². The zero-order chi connectivity index (χ0) is 15.2. The van der Waals surface area contributed by atoms with Crippen LogP contribution in [0.1, 0.15) is 6.23 Å². The number of nitrogens with zero attached hydrogens (tertiary/aromatic N) is 1. The van der Waals surface area contributed by atoms with Crippen LogP contribution in [0.25, 0.3) is 0 Å². The predicted molar refractivity (Wildman–Crippen MR) is 67.0 cm³/mol. The highest BCUT2D eigenvalue weighted by Gasteiger charge is 2.48. The van der Waals surface area contributed by atoms with Gasteiger partial charge in [-0.3, -0.25) is 9.78 Å². The lowest BCUT2D eigenvalue weighted by Gasteiger charge is -2.19. The van der Waals surface area contributed by atoms with Crippen LogP contribution in [0.3, 0.4) is 0 Å². The van der Waals surface area contributed by atoms with Crippen molar-refractivity contribution in [1.29, 1.82) is 0 Å². The standard InChI is InChI=1S/C9H10BrN3O7/c10-1-5(11)13(9(19)12-6(1)16)7-3(15)2(14)4(20-7)8(17)18/h2-4,7,14-15H,11H2,(H,17,18)(H,12,16,19)/t2-,3+,4-,7+/m0/s1. The molecule has 20 heavy (non-hydrogen) atoms. The van der Waals surface area contributed by atoms with E-state index in [-0.39, 0.29) is 10.3 Å². The van der Waals surface area contributed by atoms with Gasteiger partial charge >= 0.3 is 11.7 Å². The van der Waals surface area contributed by atoms with E-state index in [1.54, 1.807) is 0 Å². The summed E-state index contributed by atoms with van der Waals surface area (Å²) in [6, 6.07) is 0. The molecule has 0 aromatic carbocycles. The summed E-state index contributed by atoms with van der Waals surface area (Å²) in [6.07, 6.45) is -6.69. The molecule has 1 aromatic rings. The molecule has 1 aliphatic heterocycles. The smallest absolute Gasteiger partial charge is 0.335 e. The van der Waals surface area contributed by atoms with Crippen molar-refractivity contribution in [3.63, 3.8) is 0 Å². The second-order valence-corrected chi connectivity index (χ2v) is 4.89. The van der Waals surface area contributed by atoms with Gasteiger partial charge in [-0.1, -0.05) is 0 Å². The maximum Gasteiger partial charge on any atom is 0.335 e. The monoisotopic (exact) mass is 351 g/mol. The number of carboxylic acids is 1. The number of anilines is 1. The third-order valence-corrected chi connectivity index (χ3v) is 3.63. The molecule has 1 fully saturated rings. The summed E-state index contributed by atoms with van der Waals surface area (Å²) >= 11 is 2.85. The molecule has 0 aliphatic carbocycles. The number of ether oxygens (including phenoxy) is 1. The first kappa shape index (κ1) is 14.7. The quantitative estimate of drug-likeness (QED) is 0.392. The van der Waals surface area contributed by atoms with Gasteiger partial charge in [0.25, 0.3) is 5.56 Å². The SMILES string of the molecule is Nc1c(Br)c(=O)[nH]c(=O)n1[C@@H]1O[C@H](C(=O)O)[C@@H](O)[C@H]1O. The number of nitrogens with one attached hydrogen (secondary N) is 1. The fourth-order valence-corrected chi connectivity index (χ4v) is 2.16. The predicted octanol–water partition coefficient (Wildman–Crippen LogP) is -2.41. The molecule has 2 heterocycles. The Morgan fingerprint density at radius 3 is 2.45 bits per heavy atom. The maximum absolute atomic E-state index is 11.7. The Bertz CT molecular complexity index is 668. The molecular formula is C9H10BrN3O7. The van der Waals surface area contributed by atoms with E-state index in [0.717, 1.165) is 0 Å². The van der Waals surface area contributed by atoms with E-state index in [2.05, 4.69) is 15.9 Å². The molecule has 1 saturated heterocycles. The second kappa shape index (κ2) is 5.01. The second-order valence-electron chi connectivity index (χ2n) is 4.10. The number of aromatic nitrogens is 2. The minimum absolute atomic E-state index is 0.179. The van der Waals surface area contributed by atoms with Crippen molar-refractivity contribution in [1.82, 2.24) is 9.55 Å². The number of nitrogen functional groups attached to an aromatic ring is 1. The summed E-state index contributed by atoms with van der Waals surface area (Å²) < 4.78 is 5.41. The van der Waals surface area contributed by atoms with Crippen LogP contribution in [-0.4, -0.2) is 49.2 Å². The van der Waals surface area contributed by atoms with Crippen molar-refractivity contribution < 1.29 is 24.9 Å². The fraction of sp³-hybridized carbons (Fsp3) is 0.444. The number of hydrogen-bond donors (Lipinski definition) is 5. The number of aliphatic hydroxyl groups excluding tert-OH is 2. The van der Waals surface area contributed by atoms with Crippen LogP contribution in [0, 0.1) is 0 Å². The number of hydrogen-bond acceptors (Lipinski definition) is 7. The van der Waals surface area contributed by atoms with Gasteiger partial charge in [0, 0.05) is 0 Å². The molecule has 10 nitrogen and oxygen atoms in total. The number of aliphatic carboxylic acids is 1. The van der Waals surface area contributed by atoms with Crippen molar-refractivity contribution >= 4 is 27.7 Å². The lowest BCUT2D eigenvalue weighted by Crippen LogP contribution is -2.40. The molecule has 0 bridgehead atoms. The molecule has 6 N–H and O–H groups in total. The maximum atomic E-state index is 11.7. The lowest BCUT2D eigenvalue weighted by atomic mass is 10.1. The van der Waals surface area contributed by atoms with E-state index in [0.29, 0.717) is 4.57 Å². The highest BCUT2D eigenvalue weighted by Crippen LogP contribution is 2.30. The number of carboxylic acid groups (broad SMARTS) is 1. The number of nitrogens with two attached hydrogens (primary N) is 1. The van der Waals surface area contributed by atoms with Crippen LogP contribution in [0.5, 0.6) is 0 Å². The fourth-order valence-electron chi connectivity index (χ4n) is 1.87. The average Bonchev–Trinajstić information content (AvgIpc) is 2.65. The molecule has 0 saturated carbocycles. The van der Waals surface area contributed by atoms with Gasteiger partial charge < -0.3 is 25.8 Å². The Balaban J connectivity index is 2.54. The first-order valence-electron chi connectivity index (χ1n) is 5.30. The Morgan fingerprint density at radius 1 is 1.35 bits per heavy atom. The van der Waals surface area contributed by atoms with Gasteiger partial charge in [-0.2, -0.15) is 0 Å². The van der Waals surface area contributed by atoms with Crippen LogP contribution < -0.4 is 17.0 Å². The van der Waals surface area contributed by atoms with E-state index in [1.165, 1.54) is 0 Å². The molecule has 110 valence electrons. The number of carbonyl (C=O) groups is 1. The summed E-state index contributed by atoms with van der Waals surface area (Å²) in [5, 5.41) is 28.2. The van der Waals surface area contributed by atoms with Gasteiger partial charge in [-0.25, -0.2) is 14.2 Å². The highest BCUT2D eigenvalue weighted by molar-refractivity contribution is 9.10. The Labute approximate surface area is 118 Å². The Kier molecular flexibility index (Phi) is 3.69. The molecule has 0 unspecified atom stereocenters. The van der Waals surface area contributed by atoms with Gasteiger partial charge in [0.1, 0.15) is 22.5 Å². The number of H-pyrrole nitrogens is 1. The molecule has 0 amide bonds. The number of rotatable bonds is 2. The van der Waals surface area contributed by atoms with Crippen molar-refractivity contribution in [3.05, 3.63) is 25.3 Å². The minimum atomic E-state index is -1.74. The van der Waals surface area contributed by atoms with E-state index in [4.69, 9.17) is 15.6 Å². The molecule has 2 rings (SSSR count). The minimum Gasteiger partial charge on any atom is -0.479 e. The summed E-state index contributed by atoms with van der Waals surface area (Å²) in [6.45, 7) is 0. The van der Waals surface area contributed by atoms with Crippen molar-refractivity contribution in [2.75, 3.05) is 5.73 Å². The largest absolute Gasteiger partial charge is 0.479 e. The topological polar surface area (TPSA) is 168 Å². The third-order valence-electron chi connectivity index (χ3n) is 2.86. The summed E-state index contributed by atoms with van der Waals surface area (Å²) in [5.74, 6) is -1.87. The first-order valence-corrected chi connectivity index (χ1v) is 6.09. The van der Waals surface area contributed by atoms with Crippen molar-refractivity contribution in [3.8, 4) is 0 Å². The zero-order valence-electron chi connectivity index (χ0n) is 9.69. The van der Waals surface area contributed by atoms with E-state index in [9.17, 15) is 24.6 Å². The van der Waals surface area contributed by atoms with Gasteiger partial charge in [0.2, 0.25) is 0 Å². The van der Waals surface area contributed by atoms with Gasteiger partial charge in [-0.15, -0.1) is 0 Å². The van der Waals surface area contributed by atoms with E-state index in [1.807, 2.05) is 4.98 Å². The van der Waals surface area contributed by atoms with Crippen LogP contribution >= 0.6 is 15.9 Å². The zero-order valence-corrected chi connectivity index (χ0v) is 11.3. The van der Waals surface area contributed by atoms with Crippen LogP contribution in [0.15, 0.2) is 14.1 Å². The summed E-state index contributed by atoms with van der Waals surface area (Å²) in [5.41, 5.74) is 3.78. The number of aromatic amines is 1. The third kappa shape index (κ3) is 2.14. The summed E-state index contributed by atoms with van der Waals surface area (Å²) in [4.78, 5) is 35.8. The lowest BCUT2D eigenvalue weighted by molar-refractivity contribution is -0.155. The molecule has 1 aromatic heterocycles. The molecule has 1 aliphatic rings. The molecule has 11 heteroatoms. The Morgan fingerprint density at radius 2 is 1.95 bits per heavy atom. The highest BCUT2D eigenvalue weighted by atomic mass is 79.9. The molecular weight excluding hydrogens is 342 g/mol. The van der Waals surface area contributed by atoms with Gasteiger partial charge in [-0.05, 0) is 15.9 Å². The number of halogens is 1. The van der Waals surface area contributed by atoms with Crippen LogP contribution in [-0.2, 0) is 9.53 Å². The van der Waals surface area contributed by atoms with Crippen LogP contribution in [0.4, 0.5) is 5.82 Å². The first-order chi connectivity index (χ1) is 9.25. The van der Waals surface area contributed by atoms with Crippen molar-refractivity contribution in [2.45, 2.75) is 24.5 Å². The van der Waals surface area contributed by atoms with Crippen molar-refractivity contribution in [2.24, 2.45) is 0 Å². The normalized spacial score (nSPS) is 29.6. The average molecular weight is 352 g/mol. The van der Waals surface area contributed by atoms with E-state index < -0.39 is 41.8 Å². The van der Waals surface area contributed by atoms with Gasteiger partial charge in [0.15, 0.2) is 12.3 Å². The summed E-state index contributed by atoms with van der Waals surface area (Å²) in [7, 11) is 0. The molecule has 4 atom stereocenters. The van der Waals surface area contributed by atoms with E-state index >= 15 is 0 Å². The molecule has 0 radical (unpaired) electrons. The number of aliphatic hydroxyl groups is 2. The van der Waals surface area contributed by atoms with Crippen LogP contribution in [0.2, 0.25) is 0 Å².